The van der Waals surface area contributed by atoms with Crippen LogP contribution in [0.4, 0.5) is 0 Å². The van der Waals surface area contributed by atoms with Crippen molar-refractivity contribution in [1.82, 2.24) is 10.2 Å². The number of esters is 1. The Bertz CT molecular complexity index is 568. The van der Waals surface area contributed by atoms with Crippen molar-refractivity contribution in [2.75, 3.05) is 26.3 Å². The second-order valence-corrected chi connectivity index (χ2v) is 5.62. The maximum absolute atomic E-state index is 11.3. The normalized spacial score (nSPS) is 24.3. The molecule has 6 nitrogen and oxygen atoms in total. The lowest BCUT2D eigenvalue weighted by atomic mass is 10.1. The van der Waals surface area contributed by atoms with E-state index < -0.39 is 0 Å². The molecule has 0 radical (unpaired) electrons. The van der Waals surface area contributed by atoms with Gasteiger partial charge >= 0.3 is 5.97 Å². The molecule has 0 aromatic heterocycles. The van der Waals surface area contributed by atoms with E-state index in [0.717, 1.165) is 38.4 Å². The number of nitrogens with one attached hydrogen (secondary N) is 1. The third-order valence-electron chi connectivity index (χ3n) is 3.80. The van der Waals surface area contributed by atoms with Crippen LogP contribution in [0.1, 0.15) is 18.1 Å². The van der Waals surface area contributed by atoms with Crippen LogP contribution in [-0.4, -0.2) is 49.2 Å². The van der Waals surface area contributed by atoms with Crippen LogP contribution in [0.2, 0.25) is 0 Å². The number of benzene rings is 1. The fourth-order valence-electron chi connectivity index (χ4n) is 2.54. The van der Waals surface area contributed by atoms with Gasteiger partial charge in [0.1, 0.15) is 6.04 Å². The fraction of sp³-hybridized carbons (Fsp3) is 0.500. The van der Waals surface area contributed by atoms with Crippen LogP contribution >= 0.6 is 0 Å². The van der Waals surface area contributed by atoms with Crippen molar-refractivity contribution in [3.05, 3.63) is 35.4 Å². The standard InChI is InChI=1S/C16H21N3O3/c1-12-15(20)22-16(18-12)17-10-13-3-2-4-14(9-13)11-19-5-7-21-8-6-19/h2-4,9,12H,5-8,10-11H2,1H3,(H,17,18). The molecule has 2 aliphatic rings. The van der Waals surface area contributed by atoms with E-state index in [1.165, 1.54) is 5.56 Å². The fourth-order valence-corrected chi connectivity index (χ4v) is 2.54. The molecule has 1 N–H and O–H groups in total. The number of nitrogens with zero attached hydrogens (tertiary/aromatic N) is 2. The van der Waals surface area contributed by atoms with Crippen molar-refractivity contribution >= 4 is 12.0 Å². The lowest BCUT2D eigenvalue weighted by Gasteiger charge is -2.26. The summed E-state index contributed by atoms with van der Waals surface area (Å²) in [5.74, 6) is -0.278. The predicted molar refractivity (Wildman–Crippen MR) is 82.4 cm³/mol. The number of hydrogen-bond donors (Lipinski definition) is 1. The zero-order chi connectivity index (χ0) is 15.4. The highest BCUT2D eigenvalue weighted by molar-refractivity contribution is 5.97. The van der Waals surface area contributed by atoms with E-state index in [2.05, 4.69) is 27.3 Å². The van der Waals surface area contributed by atoms with Crippen LogP contribution in [0.25, 0.3) is 0 Å². The van der Waals surface area contributed by atoms with Gasteiger partial charge in [-0.2, -0.15) is 0 Å². The molecule has 0 aliphatic carbocycles. The molecule has 2 aliphatic heterocycles. The Hall–Kier alpha value is -1.92. The Kier molecular flexibility index (Phi) is 4.70. The van der Waals surface area contributed by atoms with Crippen LogP contribution in [0, 0.1) is 0 Å². The molecular weight excluding hydrogens is 282 g/mol. The molecule has 1 unspecified atom stereocenters. The number of amidine groups is 1. The van der Waals surface area contributed by atoms with Gasteiger partial charge in [0, 0.05) is 19.6 Å². The Morgan fingerprint density at radius 3 is 2.82 bits per heavy atom. The Morgan fingerprint density at radius 2 is 2.09 bits per heavy atom. The second kappa shape index (κ2) is 6.89. The summed E-state index contributed by atoms with van der Waals surface area (Å²) in [6.07, 6.45) is 0. The summed E-state index contributed by atoms with van der Waals surface area (Å²) in [5, 5.41) is 2.91. The van der Waals surface area contributed by atoms with Gasteiger partial charge in [-0.25, -0.2) is 9.79 Å². The van der Waals surface area contributed by atoms with E-state index in [0.29, 0.717) is 12.6 Å². The molecule has 1 aromatic rings. The molecule has 0 bridgehead atoms. The van der Waals surface area contributed by atoms with Crippen LogP contribution < -0.4 is 5.32 Å². The van der Waals surface area contributed by atoms with Crippen LogP contribution in [0.3, 0.4) is 0 Å². The third-order valence-corrected chi connectivity index (χ3v) is 3.80. The van der Waals surface area contributed by atoms with Crippen molar-refractivity contribution in [2.45, 2.75) is 26.1 Å². The molecule has 6 heteroatoms. The van der Waals surface area contributed by atoms with E-state index >= 15 is 0 Å². The average molecular weight is 303 g/mol. The number of carbonyl (C=O) groups is 1. The van der Waals surface area contributed by atoms with E-state index in [-0.39, 0.29) is 12.0 Å². The number of morpholine rings is 1. The first-order valence-corrected chi connectivity index (χ1v) is 7.61. The molecule has 2 heterocycles. The molecule has 2 fully saturated rings. The molecule has 118 valence electrons. The Labute approximate surface area is 130 Å². The lowest BCUT2D eigenvalue weighted by molar-refractivity contribution is -0.134. The highest BCUT2D eigenvalue weighted by atomic mass is 16.6. The summed E-state index contributed by atoms with van der Waals surface area (Å²) in [7, 11) is 0. The van der Waals surface area contributed by atoms with Gasteiger partial charge in [0.25, 0.3) is 6.02 Å². The number of rotatable bonds is 4. The van der Waals surface area contributed by atoms with Gasteiger partial charge in [0.15, 0.2) is 0 Å². The molecule has 0 spiro atoms. The summed E-state index contributed by atoms with van der Waals surface area (Å²) in [4.78, 5) is 18.0. The summed E-state index contributed by atoms with van der Waals surface area (Å²) >= 11 is 0. The molecule has 1 atom stereocenters. The van der Waals surface area contributed by atoms with Gasteiger partial charge in [0.2, 0.25) is 0 Å². The van der Waals surface area contributed by atoms with Crippen molar-refractivity contribution in [2.24, 2.45) is 4.99 Å². The highest BCUT2D eigenvalue weighted by Gasteiger charge is 2.26. The predicted octanol–water partition coefficient (Wildman–Crippen LogP) is 0.910. The van der Waals surface area contributed by atoms with E-state index in [9.17, 15) is 4.79 Å². The van der Waals surface area contributed by atoms with Gasteiger partial charge in [-0.1, -0.05) is 24.3 Å². The minimum absolute atomic E-state index is 0.278. The second-order valence-electron chi connectivity index (χ2n) is 5.62. The number of aliphatic imine (C=N–C) groups is 1. The summed E-state index contributed by atoms with van der Waals surface area (Å²) in [5.41, 5.74) is 2.38. The first-order chi connectivity index (χ1) is 10.7. The number of cyclic esters (lactones) is 1. The molecular formula is C16H21N3O3. The average Bonchev–Trinajstić information content (AvgIpc) is 2.85. The molecule has 0 saturated carbocycles. The number of ether oxygens (including phenoxy) is 2. The SMILES string of the molecule is CC1NC(=NCc2cccc(CN3CCOCC3)c2)OC1=O. The largest absolute Gasteiger partial charge is 0.391 e. The minimum Gasteiger partial charge on any atom is -0.391 e. The van der Waals surface area contributed by atoms with Crippen molar-refractivity contribution in [3.8, 4) is 0 Å². The van der Waals surface area contributed by atoms with E-state index in [1.54, 1.807) is 6.92 Å². The van der Waals surface area contributed by atoms with Crippen molar-refractivity contribution in [3.63, 3.8) is 0 Å². The van der Waals surface area contributed by atoms with Crippen molar-refractivity contribution < 1.29 is 14.3 Å². The monoisotopic (exact) mass is 303 g/mol. The Balaban J connectivity index is 1.59. The summed E-state index contributed by atoms with van der Waals surface area (Å²) in [6.45, 7) is 6.75. The van der Waals surface area contributed by atoms with Gasteiger partial charge in [-0.15, -0.1) is 0 Å². The smallest absolute Gasteiger partial charge is 0.336 e. The maximum atomic E-state index is 11.3. The molecule has 22 heavy (non-hydrogen) atoms. The lowest BCUT2D eigenvalue weighted by Crippen LogP contribution is -2.35. The van der Waals surface area contributed by atoms with Crippen LogP contribution in [0.5, 0.6) is 0 Å². The van der Waals surface area contributed by atoms with Crippen LogP contribution in [0.15, 0.2) is 29.3 Å². The minimum atomic E-state index is -0.314. The molecule has 0 amide bonds. The number of carbonyl (C=O) groups excluding carboxylic acids is 1. The molecule has 3 rings (SSSR count). The quantitative estimate of drug-likeness (QED) is 0.838. The van der Waals surface area contributed by atoms with E-state index in [4.69, 9.17) is 9.47 Å². The maximum Gasteiger partial charge on any atom is 0.336 e. The van der Waals surface area contributed by atoms with E-state index in [1.807, 2.05) is 12.1 Å². The van der Waals surface area contributed by atoms with Gasteiger partial charge in [0.05, 0.1) is 19.8 Å². The first kappa shape index (κ1) is 15.0. The van der Waals surface area contributed by atoms with Crippen LogP contribution in [-0.2, 0) is 27.4 Å². The number of hydrogen-bond acceptors (Lipinski definition) is 5. The molecule has 2 saturated heterocycles. The van der Waals surface area contributed by atoms with Gasteiger partial charge < -0.3 is 14.8 Å². The zero-order valence-corrected chi connectivity index (χ0v) is 12.7. The zero-order valence-electron chi connectivity index (χ0n) is 12.7. The van der Waals surface area contributed by atoms with Gasteiger partial charge in [-0.3, -0.25) is 4.90 Å². The summed E-state index contributed by atoms with van der Waals surface area (Å²) in [6, 6.07) is 8.36. The molecule has 1 aromatic carbocycles. The first-order valence-electron chi connectivity index (χ1n) is 7.61. The topological polar surface area (TPSA) is 63.2 Å². The van der Waals surface area contributed by atoms with Crippen molar-refractivity contribution in [1.29, 1.82) is 0 Å². The van der Waals surface area contributed by atoms with Gasteiger partial charge in [-0.05, 0) is 18.1 Å². The third kappa shape index (κ3) is 3.84. The Morgan fingerprint density at radius 1 is 1.32 bits per heavy atom. The summed E-state index contributed by atoms with van der Waals surface area (Å²) < 4.78 is 10.4. The highest BCUT2D eigenvalue weighted by Crippen LogP contribution is 2.11.